The third kappa shape index (κ3) is 2.00. The third-order valence-corrected chi connectivity index (χ3v) is 4.77. The molecule has 0 saturated carbocycles. The molecule has 0 atom stereocenters. The Labute approximate surface area is 135 Å². The summed E-state index contributed by atoms with van der Waals surface area (Å²) in [7, 11) is 0. The molecule has 0 aromatic heterocycles. The van der Waals surface area contributed by atoms with E-state index in [9.17, 15) is 0 Å². The average molecular weight is 303 g/mol. The molecule has 106 valence electrons. The van der Waals surface area contributed by atoms with Crippen molar-refractivity contribution < 1.29 is 0 Å². The zero-order valence-electron chi connectivity index (χ0n) is 12.0. The molecule has 0 unspecified atom stereocenters. The van der Waals surface area contributed by atoms with Gasteiger partial charge < -0.3 is 0 Å². The Morgan fingerprint density at radius 3 is 1.27 bits per heavy atom. The first-order chi connectivity index (χ1) is 10.8. The van der Waals surface area contributed by atoms with Gasteiger partial charge in [0.2, 0.25) is 0 Å². The molecule has 4 rings (SSSR count). The van der Waals surface area contributed by atoms with Crippen LogP contribution in [-0.2, 0) is 4.87 Å². The summed E-state index contributed by atoms with van der Waals surface area (Å²) >= 11 is 7.10. The normalized spacial score (nSPS) is 15.7. The number of rotatable bonds is 3. The summed E-state index contributed by atoms with van der Waals surface area (Å²) in [6, 6.07) is 31.2. The number of benzene rings is 3. The molecule has 0 spiro atoms. The van der Waals surface area contributed by atoms with Crippen LogP contribution in [0.5, 0.6) is 0 Å². The van der Waals surface area contributed by atoms with Gasteiger partial charge in [-0.25, -0.2) is 0 Å². The second kappa shape index (κ2) is 5.15. The predicted molar refractivity (Wildman–Crippen MR) is 93.7 cm³/mol. The molecule has 0 aliphatic heterocycles. The van der Waals surface area contributed by atoms with Gasteiger partial charge in [-0.1, -0.05) is 91.0 Å². The first-order valence-electron chi connectivity index (χ1n) is 7.42. The summed E-state index contributed by atoms with van der Waals surface area (Å²) in [6.07, 6.45) is 0. The molecule has 1 heteroatoms. The molecular weight excluding hydrogens is 288 g/mol. The molecule has 0 fully saturated rings. The van der Waals surface area contributed by atoms with E-state index in [1.165, 1.54) is 22.3 Å². The molecule has 3 aromatic rings. The number of hydrogen-bond acceptors (Lipinski definition) is 0. The molecule has 0 bridgehead atoms. The van der Waals surface area contributed by atoms with E-state index in [0.29, 0.717) is 0 Å². The number of allylic oxidation sites excluding steroid dienone is 2. The molecular formula is C21H15Cl. The van der Waals surface area contributed by atoms with Crippen molar-refractivity contribution >= 4 is 22.7 Å². The molecule has 1 aliphatic rings. The minimum Gasteiger partial charge on any atom is -0.103 e. The molecule has 0 heterocycles. The van der Waals surface area contributed by atoms with E-state index < -0.39 is 4.87 Å². The quantitative estimate of drug-likeness (QED) is 0.541. The molecule has 0 saturated heterocycles. The van der Waals surface area contributed by atoms with Crippen molar-refractivity contribution in [1.29, 1.82) is 0 Å². The van der Waals surface area contributed by atoms with Crippen molar-refractivity contribution in [2.24, 2.45) is 0 Å². The molecule has 0 nitrogen and oxygen atoms in total. The lowest BCUT2D eigenvalue weighted by molar-refractivity contribution is 1.14. The first kappa shape index (κ1) is 13.4. The topological polar surface area (TPSA) is 0 Å². The van der Waals surface area contributed by atoms with Gasteiger partial charge in [-0.3, -0.25) is 0 Å². The fraction of sp³-hybridized carbons (Fsp3) is 0.0476. The smallest absolute Gasteiger partial charge is 0.103 e. The van der Waals surface area contributed by atoms with Crippen molar-refractivity contribution in [1.82, 2.24) is 0 Å². The van der Waals surface area contributed by atoms with Crippen molar-refractivity contribution in [2.75, 3.05) is 0 Å². The summed E-state index contributed by atoms with van der Waals surface area (Å²) in [5.41, 5.74) is 5.95. The maximum atomic E-state index is 7.10. The lowest BCUT2D eigenvalue weighted by Gasteiger charge is -2.13. The van der Waals surface area contributed by atoms with Crippen LogP contribution in [0.3, 0.4) is 0 Å². The Bertz CT molecular complexity index is 768. The minimum atomic E-state index is -0.510. The minimum absolute atomic E-state index is 0.510. The predicted octanol–water partition coefficient (Wildman–Crippen LogP) is 5.75. The van der Waals surface area contributed by atoms with E-state index in [1.807, 2.05) is 30.3 Å². The van der Waals surface area contributed by atoms with Crippen LogP contribution < -0.4 is 0 Å². The average Bonchev–Trinajstić information content (AvgIpc) is 3.24. The lowest BCUT2D eigenvalue weighted by atomic mass is 10.0. The Morgan fingerprint density at radius 2 is 0.864 bits per heavy atom. The highest BCUT2D eigenvalue weighted by Gasteiger charge is 2.54. The highest BCUT2D eigenvalue weighted by atomic mass is 35.5. The Kier molecular flexibility index (Phi) is 3.13. The van der Waals surface area contributed by atoms with E-state index in [0.717, 1.165) is 5.56 Å². The van der Waals surface area contributed by atoms with Crippen LogP contribution >= 0.6 is 11.6 Å². The molecule has 3 aromatic carbocycles. The fourth-order valence-corrected chi connectivity index (χ4v) is 3.60. The van der Waals surface area contributed by atoms with Gasteiger partial charge in [0.1, 0.15) is 4.87 Å². The van der Waals surface area contributed by atoms with E-state index in [-0.39, 0.29) is 0 Å². The lowest BCUT2D eigenvalue weighted by Crippen LogP contribution is -2.03. The summed E-state index contributed by atoms with van der Waals surface area (Å²) in [5, 5.41) is 0. The maximum absolute atomic E-state index is 7.10. The summed E-state index contributed by atoms with van der Waals surface area (Å²) < 4.78 is 0. The largest absolute Gasteiger partial charge is 0.121 e. The van der Waals surface area contributed by atoms with Gasteiger partial charge in [0.15, 0.2) is 0 Å². The second-order valence-corrected chi connectivity index (χ2v) is 6.07. The first-order valence-corrected chi connectivity index (χ1v) is 7.80. The number of alkyl halides is 1. The molecule has 1 aliphatic carbocycles. The highest BCUT2D eigenvalue weighted by molar-refractivity contribution is 6.48. The van der Waals surface area contributed by atoms with Crippen LogP contribution in [0.15, 0.2) is 91.0 Å². The van der Waals surface area contributed by atoms with Crippen LogP contribution in [0, 0.1) is 0 Å². The fourth-order valence-electron chi connectivity index (χ4n) is 3.11. The Balaban J connectivity index is 1.88. The maximum Gasteiger partial charge on any atom is 0.121 e. The van der Waals surface area contributed by atoms with Crippen LogP contribution in [-0.4, -0.2) is 0 Å². The molecule has 0 radical (unpaired) electrons. The summed E-state index contributed by atoms with van der Waals surface area (Å²) in [5.74, 6) is 0. The van der Waals surface area contributed by atoms with Crippen molar-refractivity contribution in [3.05, 3.63) is 108 Å². The van der Waals surface area contributed by atoms with Crippen molar-refractivity contribution in [3.8, 4) is 0 Å². The van der Waals surface area contributed by atoms with Gasteiger partial charge >= 0.3 is 0 Å². The number of halogens is 1. The van der Waals surface area contributed by atoms with Gasteiger partial charge in [-0.15, -0.1) is 11.6 Å². The van der Waals surface area contributed by atoms with Crippen LogP contribution in [0.1, 0.15) is 16.7 Å². The summed E-state index contributed by atoms with van der Waals surface area (Å²) in [4.78, 5) is -0.510. The van der Waals surface area contributed by atoms with Gasteiger partial charge in [0.25, 0.3) is 0 Å². The van der Waals surface area contributed by atoms with Crippen molar-refractivity contribution in [3.63, 3.8) is 0 Å². The van der Waals surface area contributed by atoms with Gasteiger partial charge in [-0.2, -0.15) is 0 Å². The van der Waals surface area contributed by atoms with Gasteiger partial charge in [-0.05, 0) is 27.8 Å². The summed E-state index contributed by atoms with van der Waals surface area (Å²) in [6.45, 7) is 0. The standard InChI is InChI=1S/C21H15Cl/c22-21(18-14-8-3-9-15-18)19(16-10-4-1-5-11-16)20(21)17-12-6-2-7-13-17/h1-15H. The Morgan fingerprint density at radius 1 is 0.500 bits per heavy atom. The van der Waals surface area contributed by atoms with E-state index in [1.54, 1.807) is 0 Å². The van der Waals surface area contributed by atoms with E-state index in [2.05, 4.69) is 60.7 Å². The van der Waals surface area contributed by atoms with Gasteiger partial charge in [0, 0.05) is 0 Å². The second-order valence-electron chi connectivity index (χ2n) is 5.51. The number of hydrogen-bond donors (Lipinski definition) is 0. The monoisotopic (exact) mass is 302 g/mol. The van der Waals surface area contributed by atoms with Crippen LogP contribution in [0.25, 0.3) is 11.1 Å². The zero-order valence-corrected chi connectivity index (χ0v) is 12.8. The third-order valence-electron chi connectivity index (χ3n) is 4.17. The molecule has 22 heavy (non-hydrogen) atoms. The van der Waals surface area contributed by atoms with Crippen LogP contribution in [0.4, 0.5) is 0 Å². The molecule has 0 amide bonds. The van der Waals surface area contributed by atoms with Crippen LogP contribution in [0.2, 0.25) is 0 Å². The molecule has 0 N–H and O–H groups in total. The zero-order chi connectivity index (χ0) is 15.0. The Hall–Kier alpha value is -2.31. The highest BCUT2D eigenvalue weighted by Crippen LogP contribution is 2.67. The SMILES string of the molecule is ClC1(c2ccccc2)C(c2ccccc2)=C1c1ccccc1. The van der Waals surface area contributed by atoms with Crippen molar-refractivity contribution in [2.45, 2.75) is 4.87 Å². The van der Waals surface area contributed by atoms with E-state index in [4.69, 9.17) is 11.6 Å². The van der Waals surface area contributed by atoms with E-state index >= 15 is 0 Å². The van der Waals surface area contributed by atoms with Gasteiger partial charge in [0.05, 0.1) is 0 Å².